The molecule has 21 heavy (non-hydrogen) atoms. The third-order valence-corrected chi connectivity index (χ3v) is 4.51. The number of likely N-dealkylation sites (tertiary alicyclic amines) is 1. The molecule has 1 fully saturated rings. The van der Waals surface area contributed by atoms with Gasteiger partial charge in [0, 0.05) is 37.5 Å². The number of nitrogens with zero attached hydrogens (tertiary/aromatic N) is 2. The monoisotopic (exact) mass is 332 g/mol. The molecule has 1 saturated heterocycles. The molecule has 0 saturated carbocycles. The molecule has 2 heterocycles. The van der Waals surface area contributed by atoms with Crippen molar-refractivity contribution in [3.8, 4) is 0 Å². The zero-order chi connectivity index (χ0) is 14.4. The van der Waals surface area contributed by atoms with E-state index in [0.29, 0.717) is 19.0 Å². The number of hydrogen-bond acceptors (Lipinski definition) is 5. The molecule has 1 aromatic heterocycles. The van der Waals surface area contributed by atoms with Crippen LogP contribution in [-0.2, 0) is 11.3 Å². The van der Waals surface area contributed by atoms with Gasteiger partial charge in [0.05, 0.1) is 10.7 Å². The van der Waals surface area contributed by atoms with Gasteiger partial charge in [-0.25, -0.2) is 4.98 Å². The molecule has 5 nitrogen and oxygen atoms in total. The average molecular weight is 333 g/mol. The van der Waals surface area contributed by atoms with E-state index < -0.39 is 0 Å². The van der Waals surface area contributed by atoms with Crippen molar-refractivity contribution in [2.45, 2.75) is 45.2 Å². The summed E-state index contributed by atoms with van der Waals surface area (Å²) in [6.07, 6.45) is 4.03. The summed E-state index contributed by atoms with van der Waals surface area (Å²) < 4.78 is 0. The van der Waals surface area contributed by atoms with Crippen LogP contribution in [0.4, 0.5) is 0 Å². The molecule has 1 aliphatic rings. The molecule has 1 atom stereocenters. The van der Waals surface area contributed by atoms with Gasteiger partial charge < -0.3 is 11.1 Å². The van der Waals surface area contributed by atoms with Crippen molar-refractivity contribution in [1.82, 2.24) is 15.2 Å². The zero-order valence-corrected chi connectivity index (χ0v) is 14.1. The van der Waals surface area contributed by atoms with E-state index in [9.17, 15) is 4.79 Å². The van der Waals surface area contributed by atoms with Crippen molar-refractivity contribution >= 4 is 29.7 Å². The van der Waals surface area contributed by atoms with Crippen LogP contribution < -0.4 is 11.1 Å². The van der Waals surface area contributed by atoms with Crippen molar-refractivity contribution in [2.24, 2.45) is 5.73 Å². The smallest absolute Gasteiger partial charge is 0.221 e. The maximum Gasteiger partial charge on any atom is 0.221 e. The van der Waals surface area contributed by atoms with Gasteiger partial charge in [-0.1, -0.05) is 6.42 Å². The molecule has 0 radical (unpaired) electrons. The molecule has 0 spiro atoms. The number of nitrogens with two attached hydrogens (primary N) is 1. The Labute approximate surface area is 136 Å². The van der Waals surface area contributed by atoms with Gasteiger partial charge in [0.1, 0.15) is 0 Å². The molecule has 120 valence electrons. The van der Waals surface area contributed by atoms with Gasteiger partial charge in [-0.2, -0.15) is 0 Å². The van der Waals surface area contributed by atoms with E-state index in [-0.39, 0.29) is 18.3 Å². The van der Waals surface area contributed by atoms with Gasteiger partial charge in [-0.15, -0.1) is 23.7 Å². The average Bonchev–Trinajstić information content (AvgIpc) is 2.83. The number of thiazole rings is 1. The summed E-state index contributed by atoms with van der Waals surface area (Å²) in [4.78, 5) is 18.5. The minimum Gasteiger partial charge on any atom is -0.354 e. The lowest BCUT2D eigenvalue weighted by atomic mass is 10.0. The normalized spacial score (nSPS) is 19.0. The van der Waals surface area contributed by atoms with Crippen molar-refractivity contribution in [1.29, 1.82) is 0 Å². The molecule has 0 aliphatic carbocycles. The number of carbonyl (C=O) groups is 1. The minimum atomic E-state index is 0. The maximum atomic E-state index is 11.5. The van der Waals surface area contributed by atoms with E-state index in [1.807, 2.05) is 6.92 Å². The number of hydrogen-bond donors (Lipinski definition) is 2. The summed E-state index contributed by atoms with van der Waals surface area (Å²) in [6.45, 7) is 5.16. The summed E-state index contributed by atoms with van der Waals surface area (Å²) in [6, 6.07) is 0.424. The number of nitrogens with one attached hydrogen (secondary N) is 1. The Morgan fingerprint density at radius 1 is 1.57 bits per heavy atom. The van der Waals surface area contributed by atoms with Crippen LogP contribution in [-0.4, -0.2) is 41.5 Å². The zero-order valence-electron chi connectivity index (χ0n) is 12.5. The van der Waals surface area contributed by atoms with Crippen LogP contribution >= 0.6 is 23.7 Å². The van der Waals surface area contributed by atoms with E-state index in [2.05, 4.69) is 20.6 Å². The van der Waals surface area contributed by atoms with Gasteiger partial charge in [-0.05, 0) is 26.3 Å². The van der Waals surface area contributed by atoms with E-state index in [1.165, 1.54) is 12.8 Å². The lowest BCUT2D eigenvalue weighted by Gasteiger charge is -2.35. The first-order chi connectivity index (χ1) is 9.69. The highest BCUT2D eigenvalue weighted by Gasteiger charge is 2.23. The standard InChI is InChI=1S/C14H24N4OS.ClH/c1-11-17-12(10-20-11)9-18-7-3-2-4-13(18)8-16-14(19)5-6-15;/h10,13H,2-9,15H2,1H3,(H,16,19);1H. The molecule has 3 N–H and O–H groups in total. The van der Waals surface area contributed by atoms with E-state index in [0.717, 1.165) is 36.8 Å². The molecular weight excluding hydrogens is 308 g/mol. The molecule has 1 aromatic rings. The number of amides is 1. The number of piperidine rings is 1. The highest BCUT2D eigenvalue weighted by molar-refractivity contribution is 7.09. The Morgan fingerprint density at radius 2 is 2.38 bits per heavy atom. The molecule has 0 aromatic carbocycles. The summed E-state index contributed by atoms with van der Waals surface area (Å²) in [5.74, 6) is 0.0579. The highest BCUT2D eigenvalue weighted by atomic mass is 35.5. The van der Waals surface area contributed by atoms with E-state index in [1.54, 1.807) is 11.3 Å². The molecule has 1 aliphatic heterocycles. The first kappa shape index (κ1) is 18.4. The lowest BCUT2D eigenvalue weighted by Crippen LogP contribution is -2.46. The maximum absolute atomic E-state index is 11.5. The van der Waals surface area contributed by atoms with Crippen LogP contribution in [0, 0.1) is 6.92 Å². The molecule has 1 unspecified atom stereocenters. The van der Waals surface area contributed by atoms with E-state index in [4.69, 9.17) is 5.73 Å². The fraction of sp³-hybridized carbons (Fsp3) is 0.714. The fourth-order valence-electron chi connectivity index (χ4n) is 2.64. The topological polar surface area (TPSA) is 71.2 Å². The summed E-state index contributed by atoms with van der Waals surface area (Å²) in [7, 11) is 0. The van der Waals surface area contributed by atoms with Crippen LogP contribution in [0.5, 0.6) is 0 Å². The highest BCUT2D eigenvalue weighted by Crippen LogP contribution is 2.20. The molecule has 2 rings (SSSR count). The number of carbonyl (C=O) groups excluding carboxylic acids is 1. The van der Waals surface area contributed by atoms with Gasteiger partial charge in [0.15, 0.2) is 0 Å². The van der Waals surface area contributed by atoms with Crippen LogP contribution in [0.2, 0.25) is 0 Å². The molecule has 7 heteroatoms. The van der Waals surface area contributed by atoms with Crippen LogP contribution in [0.3, 0.4) is 0 Å². The van der Waals surface area contributed by atoms with Gasteiger partial charge in [0.25, 0.3) is 0 Å². The Hall–Kier alpha value is -0.690. The first-order valence-corrected chi connectivity index (χ1v) is 8.19. The third-order valence-electron chi connectivity index (χ3n) is 3.69. The number of rotatable bonds is 6. The Kier molecular flexibility index (Phi) is 8.18. The molecule has 0 bridgehead atoms. The first-order valence-electron chi connectivity index (χ1n) is 7.31. The van der Waals surface area contributed by atoms with Crippen molar-refractivity contribution in [2.75, 3.05) is 19.6 Å². The summed E-state index contributed by atoms with van der Waals surface area (Å²) in [5.41, 5.74) is 6.54. The van der Waals surface area contributed by atoms with Gasteiger partial charge in [0.2, 0.25) is 5.91 Å². The largest absolute Gasteiger partial charge is 0.354 e. The van der Waals surface area contributed by atoms with Gasteiger partial charge in [-0.3, -0.25) is 9.69 Å². The number of aromatic nitrogens is 1. The molecule has 1 amide bonds. The summed E-state index contributed by atoms with van der Waals surface area (Å²) >= 11 is 1.70. The Morgan fingerprint density at radius 3 is 3.05 bits per heavy atom. The predicted octanol–water partition coefficient (Wildman–Crippen LogP) is 1.69. The van der Waals surface area contributed by atoms with Crippen LogP contribution in [0.1, 0.15) is 36.4 Å². The van der Waals surface area contributed by atoms with Crippen molar-refractivity contribution in [3.63, 3.8) is 0 Å². The van der Waals surface area contributed by atoms with E-state index >= 15 is 0 Å². The molecular formula is C14H25ClN4OS. The number of halogens is 1. The second-order valence-electron chi connectivity index (χ2n) is 5.32. The Bertz CT molecular complexity index is 440. The second kappa shape index (κ2) is 9.35. The Balaban J connectivity index is 0.00000220. The lowest BCUT2D eigenvalue weighted by molar-refractivity contribution is -0.121. The summed E-state index contributed by atoms with van der Waals surface area (Å²) in [5, 5.41) is 6.24. The SMILES string of the molecule is Cc1nc(CN2CCCCC2CNC(=O)CCN)cs1.Cl. The van der Waals surface area contributed by atoms with Crippen LogP contribution in [0.25, 0.3) is 0 Å². The van der Waals surface area contributed by atoms with Crippen molar-refractivity contribution in [3.05, 3.63) is 16.1 Å². The van der Waals surface area contributed by atoms with Crippen LogP contribution in [0.15, 0.2) is 5.38 Å². The number of aryl methyl sites for hydroxylation is 1. The van der Waals surface area contributed by atoms with Crippen molar-refractivity contribution < 1.29 is 4.79 Å². The fourth-order valence-corrected chi connectivity index (χ4v) is 3.24. The minimum absolute atomic E-state index is 0. The predicted molar refractivity (Wildman–Crippen MR) is 88.8 cm³/mol. The second-order valence-corrected chi connectivity index (χ2v) is 6.38. The van der Waals surface area contributed by atoms with Gasteiger partial charge >= 0.3 is 0 Å². The third kappa shape index (κ3) is 5.90. The quantitative estimate of drug-likeness (QED) is 0.831.